The zero-order chi connectivity index (χ0) is 23.8. The largest absolute Gasteiger partial charge is 0.507 e. The van der Waals surface area contributed by atoms with Crippen molar-refractivity contribution in [1.82, 2.24) is 4.90 Å². The number of rotatable bonds is 11. The number of Topliss-reactive ketones (excluding diaryl/α,β-unsaturated/α-hetero) is 1. The van der Waals surface area contributed by atoms with Crippen LogP contribution in [-0.2, 0) is 20.7 Å². The molecule has 33 heavy (non-hydrogen) atoms. The summed E-state index contributed by atoms with van der Waals surface area (Å²) in [5.41, 5.74) is 2.54. The van der Waals surface area contributed by atoms with E-state index in [0.29, 0.717) is 37.5 Å². The molecule has 6 nitrogen and oxygen atoms in total. The van der Waals surface area contributed by atoms with Crippen LogP contribution in [0.1, 0.15) is 55.8 Å². The summed E-state index contributed by atoms with van der Waals surface area (Å²) < 4.78 is 10.8. The van der Waals surface area contributed by atoms with E-state index in [0.717, 1.165) is 30.4 Å². The van der Waals surface area contributed by atoms with Crippen molar-refractivity contribution >= 4 is 17.4 Å². The van der Waals surface area contributed by atoms with Gasteiger partial charge < -0.3 is 19.5 Å². The van der Waals surface area contributed by atoms with Gasteiger partial charge in [-0.15, -0.1) is 0 Å². The Morgan fingerprint density at radius 3 is 2.27 bits per heavy atom. The Hall–Kier alpha value is -3.12. The van der Waals surface area contributed by atoms with Gasteiger partial charge in [-0.25, -0.2) is 0 Å². The van der Waals surface area contributed by atoms with Gasteiger partial charge in [-0.05, 0) is 54.7 Å². The molecule has 1 saturated heterocycles. The van der Waals surface area contributed by atoms with E-state index in [9.17, 15) is 14.7 Å². The summed E-state index contributed by atoms with van der Waals surface area (Å²) in [6, 6.07) is 14.2. The second kappa shape index (κ2) is 11.7. The summed E-state index contributed by atoms with van der Waals surface area (Å²) in [6.45, 7) is 5.63. The molecule has 1 amide bonds. The number of hydrogen-bond donors (Lipinski definition) is 1. The molecule has 2 aromatic rings. The van der Waals surface area contributed by atoms with Gasteiger partial charge in [0.25, 0.3) is 11.7 Å². The fourth-order valence-corrected chi connectivity index (χ4v) is 3.97. The minimum absolute atomic E-state index is 0.112. The van der Waals surface area contributed by atoms with E-state index in [-0.39, 0.29) is 11.3 Å². The Morgan fingerprint density at radius 2 is 1.67 bits per heavy atom. The summed E-state index contributed by atoms with van der Waals surface area (Å²) in [7, 11) is 1.60. The van der Waals surface area contributed by atoms with Crippen LogP contribution in [-0.4, -0.2) is 48.6 Å². The highest BCUT2D eigenvalue weighted by Gasteiger charge is 2.45. The second-order valence-corrected chi connectivity index (χ2v) is 8.16. The Bertz CT molecular complexity index is 979. The van der Waals surface area contributed by atoms with Crippen LogP contribution in [0.5, 0.6) is 5.75 Å². The van der Waals surface area contributed by atoms with E-state index >= 15 is 0 Å². The summed E-state index contributed by atoms with van der Waals surface area (Å²) in [5, 5.41) is 11.1. The van der Waals surface area contributed by atoms with Crippen LogP contribution >= 0.6 is 0 Å². The number of methoxy groups -OCH3 is 1. The first-order valence-electron chi connectivity index (χ1n) is 11.6. The van der Waals surface area contributed by atoms with Gasteiger partial charge in [0.15, 0.2) is 0 Å². The molecule has 1 heterocycles. The zero-order valence-electron chi connectivity index (χ0n) is 19.7. The Labute approximate surface area is 195 Å². The average molecular weight is 452 g/mol. The highest BCUT2D eigenvalue weighted by molar-refractivity contribution is 6.46. The van der Waals surface area contributed by atoms with Gasteiger partial charge in [0.05, 0.1) is 18.2 Å². The summed E-state index contributed by atoms with van der Waals surface area (Å²) in [6.07, 6.45) is 3.49. The molecule has 0 aromatic heterocycles. The van der Waals surface area contributed by atoms with Gasteiger partial charge in [-0.2, -0.15) is 0 Å². The second-order valence-electron chi connectivity index (χ2n) is 8.16. The van der Waals surface area contributed by atoms with Gasteiger partial charge in [-0.1, -0.05) is 44.5 Å². The number of unbranched alkanes of at least 4 members (excludes halogenated alkanes) is 1. The van der Waals surface area contributed by atoms with Gasteiger partial charge in [0.1, 0.15) is 11.5 Å². The summed E-state index contributed by atoms with van der Waals surface area (Å²) in [4.78, 5) is 27.5. The number of ether oxygens (including phenoxy) is 2. The molecule has 176 valence electrons. The van der Waals surface area contributed by atoms with Crippen molar-refractivity contribution in [3.05, 3.63) is 70.8 Å². The van der Waals surface area contributed by atoms with Crippen LogP contribution in [0.15, 0.2) is 54.1 Å². The Morgan fingerprint density at radius 1 is 0.970 bits per heavy atom. The number of carbonyl (C=O) groups excluding carboxylic acids is 2. The molecule has 1 aliphatic heterocycles. The van der Waals surface area contributed by atoms with Crippen LogP contribution < -0.4 is 4.74 Å². The summed E-state index contributed by atoms with van der Waals surface area (Å²) in [5.74, 6) is -0.742. The number of ketones is 1. The monoisotopic (exact) mass is 451 g/mol. The fraction of sp³-hybridized carbons (Fsp3) is 0.407. The number of hydrogen-bond acceptors (Lipinski definition) is 5. The predicted octanol–water partition coefficient (Wildman–Crippen LogP) is 4.89. The molecule has 1 fully saturated rings. The van der Waals surface area contributed by atoms with Crippen molar-refractivity contribution in [2.75, 3.05) is 26.9 Å². The van der Waals surface area contributed by atoms with E-state index in [4.69, 9.17) is 9.47 Å². The molecule has 1 aliphatic rings. The third kappa shape index (κ3) is 5.63. The van der Waals surface area contributed by atoms with Crippen molar-refractivity contribution < 1.29 is 24.2 Å². The quantitative estimate of drug-likeness (QED) is 0.228. The van der Waals surface area contributed by atoms with Crippen LogP contribution in [0.4, 0.5) is 0 Å². The normalized spacial score (nSPS) is 17.5. The third-order valence-electron chi connectivity index (χ3n) is 5.89. The van der Waals surface area contributed by atoms with Crippen molar-refractivity contribution in [2.24, 2.45) is 0 Å². The molecule has 0 saturated carbocycles. The van der Waals surface area contributed by atoms with Crippen molar-refractivity contribution in [1.29, 1.82) is 0 Å². The van der Waals surface area contributed by atoms with E-state index in [1.807, 2.05) is 24.3 Å². The first-order valence-corrected chi connectivity index (χ1v) is 11.6. The van der Waals surface area contributed by atoms with E-state index in [2.05, 4.69) is 13.8 Å². The molecule has 1 atom stereocenters. The van der Waals surface area contributed by atoms with Crippen molar-refractivity contribution in [2.45, 2.75) is 45.6 Å². The van der Waals surface area contributed by atoms with Crippen LogP contribution in [0, 0.1) is 0 Å². The minimum atomic E-state index is -0.669. The number of aliphatic hydroxyl groups is 1. The molecule has 0 radical (unpaired) electrons. The lowest BCUT2D eigenvalue weighted by Crippen LogP contribution is -2.31. The maximum atomic E-state index is 13.0. The number of amides is 1. The van der Waals surface area contributed by atoms with Crippen LogP contribution in [0.25, 0.3) is 5.76 Å². The third-order valence-corrected chi connectivity index (χ3v) is 5.89. The number of aryl methyl sites for hydroxylation is 1. The zero-order valence-corrected chi connectivity index (χ0v) is 19.7. The van der Waals surface area contributed by atoms with Gasteiger partial charge in [-0.3, -0.25) is 9.59 Å². The summed E-state index contributed by atoms with van der Waals surface area (Å²) >= 11 is 0. The van der Waals surface area contributed by atoms with E-state index in [1.165, 1.54) is 4.90 Å². The lowest BCUT2D eigenvalue weighted by molar-refractivity contribution is -0.140. The van der Waals surface area contributed by atoms with Crippen molar-refractivity contribution in [3.8, 4) is 5.75 Å². The molecule has 3 rings (SSSR count). The number of benzene rings is 2. The SMILES string of the molecule is CCCCOc1ccc(/C(O)=C2\C(=O)C(=O)N(CCCOC)C2c2ccc(CC)cc2)cc1. The minimum Gasteiger partial charge on any atom is -0.507 e. The highest BCUT2D eigenvalue weighted by Crippen LogP contribution is 2.39. The molecular formula is C27H33NO5. The molecule has 1 N–H and O–H groups in total. The lowest BCUT2D eigenvalue weighted by Gasteiger charge is -2.25. The number of aliphatic hydroxyl groups excluding tert-OH is 1. The smallest absolute Gasteiger partial charge is 0.295 e. The number of nitrogens with zero attached hydrogens (tertiary/aromatic N) is 1. The number of likely N-dealkylation sites (tertiary alicyclic amines) is 1. The maximum Gasteiger partial charge on any atom is 0.295 e. The predicted molar refractivity (Wildman–Crippen MR) is 128 cm³/mol. The molecule has 0 bridgehead atoms. The topological polar surface area (TPSA) is 76.1 Å². The van der Waals surface area contributed by atoms with Crippen LogP contribution in [0.3, 0.4) is 0 Å². The van der Waals surface area contributed by atoms with E-state index in [1.54, 1.807) is 31.4 Å². The maximum absolute atomic E-state index is 13.0. The average Bonchev–Trinajstić information content (AvgIpc) is 3.09. The van der Waals surface area contributed by atoms with E-state index < -0.39 is 17.7 Å². The van der Waals surface area contributed by atoms with Gasteiger partial charge in [0.2, 0.25) is 0 Å². The Balaban J connectivity index is 1.98. The van der Waals surface area contributed by atoms with Crippen LogP contribution in [0.2, 0.25) is 0 Å². The van der Waals surface area contributed by atoms with Crippen molar-refractivity contribution in [3.63, 3.8) is 0 Å². The molecule has 6 heteroatoms. The first kappa shape index (κ1) is 24.5. The first-order chi connectivity index (χ1) is 16.0. The van der Waals surface area contributed by atoms with Gasteiger partial charge >= 0.3 is 0 Å². The number of carbonyl (C=O) groups is 2. The Kier molecular flexibility index (Phi) is 8.66. The molecular weight excluding hydrogens is 418 g/mol. The molecule has 0 spiro atoms. The van der Waals surface area contributed by atoms with Gasteiger partial charge in [0, 0.05) is 25.8 Å². The lowest BCUT2D eigenvalue weighted by atomic mass is 9.94. The fourth-order valence-electron chi connectivity index (χ4n) is 3.97. The molecule has 0 aliphatic carbocycles. The molecule has 2 aromatic carbocycles. The highest BCUT2D eigenvalue weighted by atomic mass is 16.5. The molecule has 1 unspecified atom stereocenters. The standard InChI is InChI=1S/C27H33NO5/c1-4-6-18-33-22-14-12-21(13-15-22)25(29)23-24(20-10-8-19(5-2)9-11-20)28(16-7-17-32-3)27(31)26(23)30/h8-15,24,29H,4-7,16-18H2,1-3H3/b25-23+.